The molecule has 1 unspecified atom stereocenters. The lowest BCUT2D eigenvalue weighted by Gasteiger charge is -2.27. The normalized spacial score (nSPS) is 16.0. The van der Waals surface area contributed by atoms with Crippen LogP contribution in [0.1, 0.15) is 37.1 Å². The van der Waals surface area contributed by atoms with Gasteiger partial charge in [-0.15, -0.1) is 11.8 Å². The summed E-state index contributed by atoms with van der Waals surface area (Å²) in [5.41, 5.74) is 2.27. The Labute approximate surface area is 175 Å². The van der Waals surface area contributed by atoms with E-state index in [0.29, 0.717) is 29.4 Å². The lowest BCUT2D eigenvalue weighted by atomic mass is 10.1. The van der Waals surface area contributed by atoms with Gasteiger partial charge in [0.05, 0.1) is 25.7 Å². The topological polar surface area (TPSA) is 67.9 Å². The zero-order chi connectivity index (χ0) is 20.8. The smallest absolute Gasteiger partial charge is 0.238 e. The molecule has 1 N–H and O–H groups in total. The van der Waals surface area contributed by atoms with Crippen LogP contribution in [0.3, 0.4) is 0 Å². The molecule has 154 valence electrons. The van der Waals surface area contributed by atoms with Crippen LogP contribution in [-0.4, -0.2) is 31.8 Å². The predicted octanol–water partition coefficient (Wildman–Crippen LogP) is 4.61. The summed E-state index contributed by atoms with van der Waals surface area (Å²) in [6.07, 6.45) is 2.29. The molecular formula is C22H26N2O4S. The Morgan fingerprint density at radius 3 is 2.72 bits per heavy atom. The number of anilines is 2. The number of benzene rings is 2. The van der Waals surface area contributed by atoms with Crippen molar-refractivity contribution in [3.63, 3.8) is 0 Å². The van der Waals surface area contributed by atoms with Gasteiger partial charge < -0.3 is 14.8 Å². The van der Waals surface area contributed by atoms with Crippen molar-refractivity contribution in [1.82, 2.24) is 0 Å². The van der Waals surface area contributed by atoms with Gasteiger partial charge in [-0.25, -0.2) is 0 Å². The Kier molecular flexibility index (Phi) is 7.04. The second-order valence-corrected chi connectivity index (χ2v) is 7.77. The van der Waals surface area contributed by atoms with Crippen molar-refractivity contribution in [3.8, 4) is 11.5 Å². The first-order chi connectivity index (χ1) is 14.1. The minimum atomic E-state index is -0.272. The highest BCUT2D eigenvalue weighted by Crippen LogP contribution is 2.47. The molecule has 0 aromatic heterocycles. The zero-order valence-corrected chi connectivity index (χ0v) is 17.8. The second-order valence-electron chi connectivity index (χ2n) is 6.70. The third kappa shape index (κ3) is 4.67. The summed E-state index contributed by atoms with van der Waals surface area (Å²) >= 11 is 1.53. The predicted molar refractivity (Wildman–Crippen MR) is 117 cm³/mol. The third-order valence-corrected chi connectivity index (χ3v) is 5.97. The molecule has 2 aromatic rings. The molecule has 0 aliphatic carbocycles. The zero-order valence-electron chi connectivity index (χ0n) is 16.9. The van der Waals surface area contributed by atoms with Crippen molar-refractivity contribution < 1.29 is 19.1 Å². The van der Waals surface area contributed by atoms with Crippen molar-refractivity contribution in [2.45, 2.75) is 31.6 Å². The van der Waals surface area contributed by atoms with Gasteiger partial charge in [0.2, 0.25) is 11.8 Å². The Hall–Kier alpha value is -2.67. The van der Waals surface area contributed by atoms with Gasteiger partial charge in [-0.1, -0.05) is 31.5 Å². The molecule has 0 bridgehead atoms. The first-order valence-corrected chi connectivity index (χ1v) is 10.7. The summed E-state index contributed by atoms with van der Waals surface area (Å²) in [5, 5.41) is 2.74. The molecule has 0 saturated carbocycles. The van der Waals surface area contributed by atoms with E-state index in [1.807, 2.05) is 24.3 Å². The molecule has 1 saturated heterocycles. The number of carbonyl (C=O) groups is 2. The average molecular weight is 415 g/mol. The van der Waals surface area contributed by atoms with Gasteiger partial charge in [0, 0.05) is 23.7 Å². The summed E-state index contributed by atoms with van der Waals surface area (Å²) in [4.78, 5) is 26.9. The van der Waals surface area contributed by atoms with Crippen LogP contribution in [0.2, 0.25) is 0 Å². The van der Waals surface area contributed by atoms with E-state index in [0.717, 1.165) is 24.1 Å². The van der Waals surface area contributed by atoms with Gasteiger partial charge in [-0.05, 0) is 24.6 Å². The number of methoxy groups -OCH3 is 2. The number of thioether (sulfide) groups is 1. The summed E-state index contributed by atoms with van der Waals surface area (Å²) < 4.78 is 10.8. The fourth-order valence-corrected chi connectivity index (χ4v) is 4.48. The largest absolute Gasteiger partial charge is 0.497 e. The number of carbonyl (C=O) groups excluding carboxylic acids is 2. The van der Waals surface area contributed by atoms with Crippen LogP contribution in [0.5, 0.6) is 11.5 Å². The SMILES string of the molecule is CCCCC(=O)Nc1ccccc1C1SCC(=O)N1c1cc(OC)ccc1OC. The number of hydrogen-bond acceptors (Lipinski definition) is 5. The van der Waals surface area contributed by atoms with Gasteiger partial charge in [-0.2, -0.15) is 0 Å². The number of unbranched alkanes of at least 4 members (excludes halogenated alkanes) is 1. The minimum absolute atomic E-state index is 0.0147. The van der Waals surface area contributed by atoms with Gasteiger partial charge in [0.25, 0.3) is 0 Å². The molecule has 1 fully saturated rings. The number of nitrogens with zero attached hydrogens (tertiary/aromatic N) is 1. The molecule has 6 nitrogen and oxygen atoms in total. The standard InChI is InChI=1S/C22H26N2O4S/c1-4-5-10-20(25)23-17-9-7-6-8-16(17)22-24(21(26)14-29-22)18-13-15(27-2)11-12-19(18)28-3/h6-9,11-13,22H,4-5,10,14H2,1-3H3,(H,23,25). The maximum absolute atomic E-state index is 12.8. The Bertz CT molecular complexity index is 887. The highest BCUT2D eigenvalue weighted by molar-refractivity contribution is 8.00. The Morgan fingerprint density at radius 1 is 1.21 bits per heavy atom. The summed E-state index contributed by atoms with van der Waals surface area (Å²) in [5.74, 6) is 1.56. The molecule has 2 amide bonds. The lowest BCUT2D eigenvalue weighted by Crippen LogP contribution is -2.29. The van der Waals surface area contributed by atoms with Gasteiger partial charge in [0.1, 0.15) is 16.9 Å². The molecule has 1 aliphatic heterocycles. The highest BCUT2D eigenvalue weighted by atomic mass is 32.2. The molecular weight excluding hydrogens is 388 g/mol. The number of nitrogens with one attached hydrogen (secondary N) is 1. The van der Waals surface area contributed by atoms with E-state index in [9.17, 15) is 9.59 Å². The molecule has 2 aromatic carbocycles. The van der Waals surface area contributed by atoms with Crippen molar-refractivity contribution in [3.05, 3.63) is 48.0 Å². The minimum Gasteiger partial charge on any atom is -0.497 e. The first-order valence-electron chi connectivity index (χ1n) is 9.63. The maximum Gasteiger partial charge on any atom is 0.238 e. The highest BCUT2D eigenvalue weighted by Gasteiger charge is 2.37. The number of para-hydroxylation sites is 1. The molecule has 3 rings (SSSR count). The molecule has 1 atom stereocenters. The fraction of sp³-hybridized carbons (Fsp3) is 0.364. The Morgan fingerprint density at radius 2 is 2.00 bits per heavy atom. The van der Waals surface area contributed by atoms with Gasteiger partial charge in [-0.3, -0.25) is 14.5 Å². The average Bonchev–Trinajstić information content (AvgIpc) is 3.13. The van der Waals surface area contributed by atoms with Crippen molar-refractivity contribution >= 4 is 35.0 Å². The van der Waals surface area contributed by atoms with E-state index in [1.54, 1.807) is 37.3 Å². The molecule has 1 aliphatic rings. The van der Waals surface area contributed by atoms with Crippen LogP contribution < -0.4 is 19.7 Å². The van der Waals surface area contributed by atoms with Crippen LogP contribution >= 0.6 is 11.8 Å². The maximum atomic E-state index is 12.8. The lowest BCUT2D eigenvalue weighted by molar-refractivity contribution is -0.116. The van der Waals surface area contributed by atoms with Crippen molar-refractivity contribution in [2.75, 3.05) is 30.2 Å². The Balaban J connectivity index is 1.97. The van der Waals surface area contributed by atoms with E-state index < -0.39 is 0 Å². The van der Waals surface area contributed by atoms with Crippen LogP contribution in [0, 0.1) is 0 Å². The van der Waals surface area contributed by atoms with E-state index in [4.69, 9.17) is 9.47 Å². The third-order valence-electron chi connectivity index (χ3n) is 4.77. The van der Waals surface area contributed by atoms with E-state index in [2.05, 4.69) is 12.2 Å². The number of ether oxygens (including phenoxy) is 2. The number of hydrogen-bond donors (Lipinski definition) is 1. The quantitative estimate of drug-likeness (QED) is 0.683. The second kappa shape index (κ2) is 9.69. The van der Waals surface area contributed by atoms with Crippen LogP contribution in [0.4, 0.5) is 11.4 Å². The molecule has 0 radical (unpaired) electrons. The van der Waals surface area contributed by atoms with Crippen LogP contribution in [0.25, 0.3) is 0 Å². The molecule has 29 heavy (non-hydrogen) atoms. The van der Waals surface area contributed by atoms with Crippen LogP contribution in [0.15, 0.2) is 42.5 Å². The van der Waals surface area contributed by atoms with Gasteiger partial charge >= 0.3 is 0 Å². The number of amides is 2. The van der Waals surface area contributed by atoms with Crippen molar-refractivity contribution in [2.24, 2.45) is 0 Å². The van der Waals surface area contributed by atoms with Crippen molar-refractivity contribution in [1.29, 1.82) is 0 Å². The molecule has 7 heteroatoms. The van der Waals surface area contributed by atoms with E-state index in [1.165, 1.54) is 11.8 Å². The van der Waals surface area contributed by atoms with E-state index in [-0.39, 0.29) is 17.2 Å². The summed E-state index contributed by atoms with van der Waals surface area (Å²) in [6, 6.07) is 13.0. The first kappa shape index (κ1) is 21.0. The number of rotatable bonds is 8. The summed E-state index contributed by atoms with van der Waals surface area (Å²) in [6.45, 7) is 2.06. The fourth-order valence-electron chi connectivity index (χ4n) is 3.28. The monoisotopic (exact) mass is 414 g/mol. The summed E-state index contributed by atoms with van der Waals surface area (Å²) in [7, 11) is 3.17. The molecule has 1 heterocycles. The van der Waals surface area contributed by atoms with Gasteiger partial charge in [0.15, 0.2) is 0 Å². The van der Waals surface area contributed by atoms with Crippen LogP contribution in [-0.2, 0) is 9.59 Å². The van der Waals surface area contributed by atoms with E-state index >= 15 is 0 Å². The molecule has 0 spiro atoms.